The third-order valence-electron chi connectivity index (χ3n) is 3.23. The van der Waals surface area contributed by atoms with E-state index in [1.165, 1.54) is 0 Å². The van der Waals surface area contributed by atoms with E-state index in [0.717, 1.165) is 32.9 Å². The molecule has 0 N–H and O–H groups in total. The first-order chi connectivity index (χ1) is 10.5. The molecule has 0 spiro atoms. The van der Waals surface area contributed by atoms with Crippen molar-refractivity contribution in [2.45, 2.75) is 26.5 Å². The van der Waals surface area contributed by atoms with Gasteiger partial charge in [-0.2, -0.15) is 0 Å². The number of benzene rings is 1. The van der Waals surface area contributed by atoms with Crippen molar-refractivity contribution in [2.75, 3.05) is 6.61 Å². The zero-order valence-corrected chi connectivity index (χ0v) is 14.3. The van der Waals surface area contributed by atoms with Crippen LogP contribution >= 0.6 is 15.9 Å². The van der Waals surface area contributed by atoms with Gasteiger partial charge in [0.2, 0.25) is 0 Å². The third-order valence-corrected chi connectivity index (χ3v) is 3.73. The van der Waals surface area contributed by atoms with Gasteiger partial charge in [0, 0.05) is 16.2 Å². The van der Waals surface area contributed by atoms with Gasteiger partial charge in [-0.15, -0.1) is 0 Å². The Morgan fingerprint density at radius 1 is 1.27 bits per heavy atom. The number of rotatable bonds is 3. The van der Waals surface area contributed by atoms with Crippen molar-refractivity contribution in [3.8, 4) is 11.5 Å². The fourth-order valence-electron chi connectivity index (χ4n) is 2.42. The normalized spacial score (nSPS) is 15.5. The first-order valence-electron chi connectivity index (χ1n) is 7.17. The van der Waals surface area contributed by atoms with E-state index in [-0.39, 0.29) is 0 Å². The average molecular weight is 361 g/mol. The molecule has 0 saturated heterocycles. The number of aliphatic imine (C=N–C) groups is 1. The first kappa shape index (κ1) is 15.0. The van der Waals surface area contributed by atoms with Crippen molar-refractivity contribution >= 4 is 21.6 Å². The summed E-state index contributed by atoms with van der Waals surface area (Å²) < 4.78 is 12.6. The van der Waals surface area contributed by atoms with Gasteiger partial charge in [-0.3, -0.25) is 4.98 Å². The van der Waals surface area contributed by atoms with E-state index < -0.39 is 5.72 Å². The van der Waals surface area contributed by atoms with Crippen molar-refractivity contribution < 1.29 is 9.47 Å². The molecule has 0 saturated carbocycles. The lowest BCUT2D eigenvalue weighted by Gasteiger charge is -2.30. The lowest BCUT2D eigenvalue weighted by atomic mass is 10.0. The minimum Gasteiger partial charge on any atom is -0.492 e. The zero-order chi connectivity index (χ0) is 15.7. The van der Waals surface area contributed by atoms with E-state index in [0.29, 0.717) is 6.61 Å². The summed E-state index contributed by atoms with van der Waals surface area (Å²) in [6.45, 7) is 6.40. The second kappa shape index (κ2) is 5.72. The highest BCUT2D eigenvalue weighted by Gasteiger charge is 2.30. The lowest BCUT2D eigenvalue weighted by molar-refractivity contribution is 0.115. The Bertz CT molecular complexity index is 741. The molecule has 0 amide bonds. The van der Waals surface area contributed by atoms with Gasteiger partial charge in [-0.1, -0.05) is 15.9 Å². The summed E-state index contributed by atoms with van der Waals surface area (Å²) >= 11 is 3.51. The Labute approximate surface area is 138 Å². The van der Waals surface area contributed by atoms with Crippen molar-refractivity contribution in [3.63, 3.8) is 0 Å². The molecule has 0 radical (unpaired) electrons. The van der Waals surface area contributed by atoms with Gasteiger partial charge < -0.3 is 9.47 Å². The third kappa shape index (κ3) is 2.86. The summed E-state index contributed by atoms with van der Waals surface area (Å²) in [4.78, 5) is 9.23. The van der Waals surface area contributed by atoms with E-state index in [1.807, 2.05) is 51.1 Å². The molecule has 114 valence electrons. The summed E-state index contributed by atoms with van der Waals surface area (Å²) in [6, 6.07) is 9.67. The SMILES string of the molecule is CCOc1cccnc1C1=NC(C)(C)Oc2ccc(Br)cc21. The van der Waals surface area contributed by atoms with Crippen LogP contribution in [0.4, 0.5) is 0 Å². The molecule has 5 heteroatoms. The number of halogens is 1. The molecule has 4 nitrogen and oxygen atoms in total. The van der Waals surface area contributed by atoms with Crippen LogP contribution in [-0.2, 0) is 0 Å². The average Bonchev–Trinajstić information content (AvgIpc) is 2.47. The quantitative estimate of drug-likeness (QED) is 0.823. The maximum Gasteiger partial charge on any atom is 0.195 e. The topological polar surface area (TPSA) is 43.7 Å². The molecule has 2 aromatic rings. The summed E-state index contributed by atoms with van der Waals surface area (Å²) in [5, 5.41) is 0. The van der Waals surface area contributed by atoms with Crippen LogP contribution in [0.3, 0.4) is 0 Å². The molecule has 2 heterocycles. The van der Waals surface area contributed by atoms with E-state index in [9.17, 15) is 0 Å². The summed E-state index contributed by atoms with van der Waals surface area (Å²) in [7, 11) is 0. The smallest absolute Gasteiger partial charge is 0.195 e. The minimum atomic E-state index is -0.642. The Balaban J connectivity index is 2.21. The van der Waals surface area contributed by atoms with E-state index in [4.69, 9.17) is 14.5 Å². The number of nitrogens with zero attached hydrogens (tertiary/aromatic N) is 2. The standard InChI is InChI=1S/C17H17BrN2O2/c1-4-21-14-6-5-9-19-16(14)15-12-10-11(18)7-8-13(12)22-17(2,3)20-15/h5-10H,4H2,1-3H3. The van der Waals surface area contributed by atoms with E-state index >= 15 is 0 Å². The second-order valence-corrected chi connectivity index (χ2v) is 6.35. The van der Waals surface area contributed by atoms with Crippen LogP contribution in [0.25, 0.3) is 0 Å². The Kier molecular flexibility index (Phi) is 3.91. The predicted molar refractivity (Wildman–Crippen MR) is 89.9 cm³/mol. The molecule has 22 heavy (non-hydrogen) atoms. The molecular formula is C17H17BrN2O2. The summed E-state index contributed by atoms with van der Waals surface area (Å²) in [6.07, 6.45) is 1.75. The van der Waals surface area contributed by atoms with Gasteiger partial charge in [-0.05, 0) is 51.1 Å². The number of hydrogen-bond acceptors (Lipinski definition) is 4. The number of pyridine rings is 1. The number of aromatic nitrogens is 1. The molecule has 3 rings (SSSR count). The molecule has 0 aliphatic carbocycles. The van der Waals surface area contributed by atoms with Gasteiger partial charge in [0.05, 0.1) is 6.61 Å². The largest absolute Gasteiger partial charge is 0.492 e. The number of ether oxygens (including phenoxy) is 2. The molecule has 0 unspecified atom stereocenters. The van der Waals surface area contributed by atoms with Crippen LogP contribution < -0.4 is 9.47 Å². The van der Waals surface area contributed by atoms with E-state index in [1.54, 1.807) is 6.20 Å². The van der Waals surface area contributed by atoms with Crippen molar-refractivity contribution in [2.24, 2.45) is 4.99 Å². The van der Waals surface area contributed by atoms with Gasteiger partial charge in [0.1, 0.15) is 22.9 Å². The molecule has 0 fully saturated rings. The monoisotopic (exact) mass is 360 g/mol. The highest BCUT2D eigenvalue weighted by Crippen LogP contribution is 2.35. The maximum absolute atomic E-state index is 5.95. The van der Waals surface area contributed by atoms with E-state index in [2.05, 4.69) is 20.9 Å². The van der Waals surface area contributed by atoms with Crippen LogP contribution in [0.5, 0.6) is 11.5 Å². The van der Waals surface area contributed by atoms with Crippen LogP contribution in [-0.4, -0.2) is 23.0 Å². The predicted octanol–water partition coefficient (Wildman–Crippen LogP) is 4.21. The maximum atomic E-state index is 5.95. The Morgan fingerprint density at radius 2 is 2.09 bits per heavy atom. The van der Waals surface area contributed by atoms with Crippen LogP contribution in [0.15, 0.2) is 46.0 Å². The zero-order valence-electron chi connectivity index (χ0n) is 12.8. The number of hydrogen-bond donors (Lipinski definition) is 0. The van der Waals surface area contributed by atoms with Gasteiger partial charge in [-0.25, -0.2) is 4.99 Å². The van der Waals surface area contributed by atoms with Crippen LogP contribution in [0, 0.1) is 0 Å². The molecule has 1 aromatic heterocycles. The Hall–Kier alpha value is -1.88. The molecule has 1 aromatic carbocycles. The second-order valence-electron chi connectivity index (χ2n) is 5.43. The lowest BCUT2D eigenvalue weighted by Crippen LogP contribution is -2.32. The van der Waals surface area contributed by atoms with Crippen molar-refractivity contribution in [3.05, 3.63) is 52.3 Å². The minimum absolute atomic E-state index is 0.581. The first-order valence-corrected chi connectivity index (χ1v) is 7.96. The van der Waals surface area contributed by atoms with Crippen molar-refractivity contribution in [1.29, 1.82) is 0 Å². The number of fused-ring (bicyclic) bond motifs is 1. The fourth-order valence-corrected chi connectivity index (χ4v) is 2.78. The molecular weight excluding hydrogens is 344 g/mol. The molecule has 0 atom stereocenters. The Morgan fingerprint density at radius 3 is 2.86 bits per heavy atom. The highest BCUT2D eigenvalue weighted by atomic mass is 79.9. The van der Waals surface area contributed by atoms with Gasteiger partial charge >= 0.3 is 0 Å². The van der Waals surface area contributed by atoms with Crippen LogP contribution in [0.2, 0.25) is 0 Å². The summed E-state index contributed by atoms with van der Waals surface area (Å²) in [5.74, 6) is 1.53. The summed E-state index contributed by atoms with van der Waals surface area (Å²) in [5.41, 5.74) is 1.79. The van der Waals surface area contributed by atoms with Crippen molar-refractivity contribution in [1.82, 2.24) is 4.98 Å². The molecule has 0 bridgehead atoms. The fraction of sp³-hybridized carbons (Fsp3) is 0.294. The molecule has 1 aliphatic rings. The van der Waals surface area contributed by atoms with Gasteiger partial charge in [0.15, 0.2) is 5.72 Å². The molecule has 1 aliphatic heterocycles. The highest BCUT2D eigenvalue weighted by molar-refractivity contribution is 9.10. The van der Waals surface area contributed by atoms with Crippen LogP contribution in [0.1, 0.15) is 32.0 Å². The van der Waals surface area contributed by atoms with Gasteiger partial charge in [0.25, 0.3) is 0 Å².